The van der Waals surface area contributed by atoms with Gasteiger partial charge in [-0.15, -0.1) is 0 Å². The second-order valence-electron chi connectivity index (χ2n) is 3.44. The third kappa shape index (κ3) is 3.08. The molecule has 65 valence electrons. The minimum atomic E-state index is 0.846. The van der Waals surface area contributed by atoms with Crippen molar-refractivity contribution in [1.29, 1.82) is 0 Å². The quantitative estimate of drug-likeness (QED) is 0.634. The summed E-state index contributed by atoms with van der Waals surface area (Å²) < 4.78 is 0. The van der Waals surface area contributed by atoms with Crippen LogP contribution < -0.4 is 0 Å². The number of hydrogen-bond donors (Lipinski definition) is 0. The minimum Gasteiger partial charge on any atom is -0.0651 e. The standard InChI is InChI=1S/C12H17/c1-3-11(2)9-10-12-7-5-4-6-8-12/h4-7,11H,3,9-10H2,1-2H3. The Morgan fingerprint density at radius 3 is 2.83 bits per heavy atom. The topological polar surface area (TPSA) is 0 Å². The molecule has 0 amide bonds. The van der Waals surface area contributed by atoms with Crippen LogP contribution in [0.1, 0.15) is 32.3 Å². The molecule has 0 saturated carbocycles. The van der Waals surface area contributed by atoms with E-state index in [1.165, 1.54) is 24.8 Å². The zero-order valence-electron chi connectivity index (χ0n) is 8.01. The van der Waals surface area contributed by atoms with Crippen LogP contribution in [0, 0.1) is 12.0 Å². The van der Waals surface area contributed by atoms with E-state index in [-0.39, 0.29) is 0 Å². The summed E-state index contributed by atoms with van der Waals surface area (Å²) >= 11 is 0. The highest BCUT2D eigenvalue weighted by Gasteiger charge is 1.98. The molecule has 0 aliphatic carbocycles. The fourth-order valence-corrected chi connectivity index (χ4v) is 1.19. The van der Waals surface area contributed by atoms with E-state index in [1.54, 1.807) is 0 Å². The smallest absolute Gasteiger partial charge is 0.0149 e. The molecule has 1 unspecified atom stereocenters. The zero-order valence-corrected chi connectivity index (χ0v) is 8.01. The number of aryl methyl sites for hydroxylation is 1. The van der Waals surface area contributed by atoms with Crippen LogP contribution in [-0.2, 0) is 6.42 Å². The van der Waals surface area contributed by atoms with Crippen LogP contribution in [0.2, 0.25) is 0 Å². The molecule has 0 spiro atoms. The highest BCUT2D eigenvalue weighted by Crippen LogP contribution is 2.11. The Labute approximate surface area is 75.6 Å². The van der Waals surface area contributed by atoms with Crippen LogP contribution in [0.25, 0.3) is 0 Å². The largest absolute Gasteiger partial charge is 0.0651 e. The normalized spacial score (nSPS) is 12.8. The Bertz CT molecular complexity index is 201. The second-order valence-corrected chi connectivity index (χ2v) is 3.44. The molecular weight excluding hydrogens is 144 g/mol. The van der Waals surface area contributed by atoms with Gasteiger partial charge in [0.2, 0.25) is 0 Å². The Kier molecular flexibility index (Phi) is 3.86. The molecule has 1 atom stereocenters. The molecule has 0 heteroatoms. The van der Waals surface area contributed by atoms with Gasteiger partial charge in [0.1, 0.15) is 0 Å². The minimum absolute atomic E-state index is 0.846. The summed E-state index contributed by atoms with van der Waals surface area (Å²) in [6.07, 6.45) is 3.75. The molecule has 0 aliphatic rings. The summed E-state index contributed by atoms with van der Waals surface area (Å²) in [5.74, 6) is 0.846. The second kappa shape index (κ2) is 4.97. The van der Waals surface area contributed by atoms with E-state index >= 15 is 0 Å². The SMILES string of the molecule is CCC(C)CCc1[c]cccc1. The Morgan fingerprint density at radius 1 is 1.42 bits per heavy atom. The van der Waals surface area contributed by atoms with Gasteiger partial charge in [-0.25, -0.2) is 0 Å². The van der Waals surface area contributed by atoms with Gasteiger partial charge >= 0.3 is 0 Å². The van der Waals surface area contributed by atoms with E-state index in [9.17, 15) is 0 Å². The molecule has 0 nitrogen and oxygen atoms in total. The first-order valence-electron chi connectivity index (χ1n) is 4.78. The van der Waals surface area contributed by atoms with Crippen molar-refractivity contribution in [2.45, 2.75) is 33.1 Å². The number of benzene rings is 1. The molecule has 0 fully saturated rings. The third-order valence-electron chi connectivity index (χ3n) is 2.38. The van der Waals surface area contributed by atoms with Gasteiger partial charge in [0.05, 0.1) is 0 Å². The van der Waals surface area contributed by atoms with E-state index in [4.69, 9.17) is 0 Å². The summed E-state index contributed by atoms with van der Waals surface area (Å²) in [6, 6.07) is 11.5. The lowest BCUT2D eigenvalue weighted by molar-refractivity contribution is 0.516. The molecule has 0 saturated heterocycles. The van der Waals surface area contributed by atoms with Crippen molar-refractivity contribution in [2.75, 3.05) is 0 Å². The first kappa shape index (κ1) is 9.31. The average molecular weight is 161 g/mol. The van der Waals surface area contributed by atoms with Gasteiger partial charge in [0, 0.05) is 0 Å². The van der Waals surface area contributed by atoms with Crippen molar-refractivity contribution in [3.05, 3.63) is 35.9 Å². The summed E-state index contributed by atoms with van der Waals surface area (Å²) in [5.41, 5.74) is 1.35. The van der Waals surface area contributed by atoms with E-state index in [1.807, 2.05) is 12.1 Å². The molecule has 12 heavy (non-hydrogen) atoms. The van der Waals surface area contributed by atoms with Crippen molar-refractivity contribution < 1.29 is 0 Å². The molecule has 1 rings (SSSR count). The van der Waals surface area contributed by atoms with Gasteiger partial charge in [-0.05, 0) is 30.4 Å². The van der Waals surface area contributed by atoms with Crippen LogP contribution in [0.15, 0.2) is 24.3 Å². The molecule has 0 aliphatic heterocycles. The van der Waals surface area contributed by atoms with Crippen molar-refractivity contribution >= 4 is 0 Å². The van der Waals surface area contributed by atoms with Gasteiger partial charge in [-0.2, -0.15) is 0 Å². The Hall–Kier alpha value is -0.780. The van der Waals surface area contributed by atoms with Crippen molar-refractivity contribution in [3.8, 4) is 0 Å². The predicted octanol–water partition coefficient (Wildman–Crippen LogP) is 3.47. The molecule has 0 N–H and O–H groups in total. The number of hydrogen-bond acceptors (Lipinski definition) is 0. The maximum atomic E-state index is 3.25. The fraction of sp³-hybridized carbons (Fsp3) is 0.500. The van der Waals surface area contributed by atoms with Crippen LogP contribution in [-0.4, -0.2) is 0 Å². The third-order valence-corrected chi connectivity index (χ3v) is 2.38. The Balaban J connectivity index is 2.33. The first-order valence-corrected chi connectivity index (χ1v) is 4.78. The summed E-state index contributed by atoms with van der Waals surface area (Å²) in [5, 5.41) is 0. The Morgan fingerprint density at radius 2 is 2.25 bits per heavy atom. The van der Waals surface area contributed by atoms with Gasteiger partial charge in [-0.3, -0.25) is 0 Å². The average Bonchev–Trinajstić information content (AvgIpc) is 2.16. The maximum absolute atomic E-state index is 3.25. The molecule has 0 heterocycles. The van der Waals surface area contributed by atoms with Crippen molar-refractivity contribution in [3.63, 3.8) is 0 Å². The summed E-state index contributed by atoms with van der Waals surface area (Å²) in [6.45, 7) is 4.56. The van der Waals surface area contributed by atoms with Crippen LogP contribution in [0.4, 0.5) is 0 Å². The van der Waals surface area contributed by atoms with Gasteiger partial charge in [0.15, 0.2) is 0 Å². The molecule has 0 bridgehead atoms. The molecule has 1 aromatic rings. The number of rotatable bonds is 4. The molecule has 1 radical (unpaired) electrons. The summed E-state index contributed by atoms with van der Waals surface area (Å²) in [7, 11) is 0. The highest BCUT2D eigenvalue weighted by molar-refractivity contribution is 5.12. The zero-order chi connectivity index (χ0) is 8.81. The van der Waals surface area contributed by atoms with Crippen molar-refractivity contribution in [1.82, 2.24) is 0 Å². The van der Waals surface area contributed by atoms with Crippen LogP contribution in [0.5, 0.6) is 0 Å². The van der Waals surface area contributed by atoms with Gasteiger partial charge in [-0.1, -0.05) is 44.5 Å². The first-order chi connectivity index (χ1) is 5.83. The van der Waals surface area contributed by atoms with E-state index < -0.39 is 0 Å². The molecule has 0 aromatic heterocycles. The predicted molar refractivity (Wildman–Crippen MR) is 53.1 cm³/mol. The van der Waals surface area contributed by atoms with Crippen LogP contribution in [0.3, 0.4) is 0 Å². The van der Waals surface area contributed by atoms with Gasteiger partial charge < -0.3 is 0 Å². The summed E-state index contributed by atoms with van der Waals surface area (Å²) in [4.78, 5) is 0. The molecule has 1 aromatic carbocycles. The van der Waals surface area contributed by atoms with Gasteiger partial charge in [0.25, 0.3) is 0 Å². The van der Waals surface area contributed by atoms with E-state index in [0.29, 0.717) is 0 Å². The lowest BCUT2D eigenvalue weighted by Crippen LogP contribution is -1.95. The van der Waals surface area contributed by atoms with E-state index in [2.05, 4.69) is 32.0 Å². The van der Waals surface area contributed by atoms with Crippen LogP contribution >= 0.6 is 0 Å². The lowest BCUT2D eigenvalue weighted by atomic mass is 9.99. The van der Waals surface area contributed by atoms with Crippen molar-refractivity contribution in [2.24, 2.45) is 5.92 Å². The van der Waals surface area contributed by atoms with E-state index in [0.717, 1.165) is 5.92 Å². The highest BCUT2D eigenvalue weighted by atomic mass is 14.0. The molecular formula is C12H17. The lowest BCUT2D eigenvalue weighted by Gasteiger charge is -2.06. The monoisotopic (exact) mass is 161 g/mol. The fourth-order valence-electron chi connectivity index (χ4n) is 1.19. The maximum Gasteiger partial charge on any atom is -0.0149 e.